The SMILES string of the molecule is CCCCCNC(=O)N(C)c1cccc(-c2cc(CC)c(CC(C)C(=O)O)c(CC)c2)c1. The number of aliphatic carboxylic acids is 1. The van der Waals surface area contributed by atoms with E-state index in [1.54, 1.807) is 18.9 Å². The fourth-order valence-corrected chi connectivity index (χ4v) is 3.95. The molecule has 1 atom stereocenters. The number of benzene rings is 2. The van der Waals surface area contributed by atoms with Gasteiger partial charge in [-0.25, -0.2) is 4.79 Å². The lowest BCUT2D eigenvalue weighted by Crippen LogP contribution is -2.37. The highest BCUT2D eigenvalue weighted by Gasteiger charge is 2.18. The molecule has 0 heterocycles. The minimum atomic E-state index is -0.762. The number of rotatable bonds is 11. The van der Waals surface area contributed by atoms with Gasteiger partial charge in [0, 0.05) is 19.3 Å². The van der Waals surface area contributed by atoms with E-state index in [4.69, 9.17) is 0 Å². The lowest BCUT2D eigenvalue weighted by Gasteiger charge is -2.20. The highest BCUT2D eigenvalue weighted by molar-refractivity contribution is 5.92. The molecule has 0 radical (unpaired) electrons. The summed E-state index contributed by atoms with van der Waals surface area (Å²) in [6, 6.07) is 12.3. The van der Waals surface area contributed by atoms with E-state index in [0.29, 0.717) is 13.0 Å². The smallest absolute Gasteiger partial charge is 0.321 e. The van der Waals surface area contributed by atoms with Gasteiger partial charge in [0.1, 0.15) is 0 Å². The predicted octanol–water partition coefficient (Wildman–Crippen LogP) is 6.08. The van der Waals surface area contributed by atoms with E-state index < -0.39 is 11.9 Å². The maximum Gasteiger partial charge on any atom is 0.321 e. The van der Waals surface area contributed by atoms with E-state index in [2.05, 4.69) is 44.3 Å². The van der Waals surface area contributed by atoms with Gasteiger partial charge in [-0.15, -0.1) is 0 Å². The van der Waals surface area contributed by atoms with Crippen molar-refractivity contribution >= 4 is 17.7 Å². The molecule has 2 aromatic carbocycles. The zero-order valence-electron chi connectivity index (χ0n) is 20.2. The Hall–Kier alpha value is -2.82. The summed E-state index contributed by atoms with van der Waals surface area (Å²) >= 11 is 0. The number of carbonyl (C=O) groups is 2. The summed E-state index contributed by atoms with van der Waals surface area (Å²) in [5, 5.41) is 12.4. The largest absolute Gasteiger partial charge is 0.481 e. The Bertz CT molecular complexity index is 898. The van der Waals surface area contributed by atoms with Crippen LogP contribution in [0.25, 0.3) is 11.1 Å². The average Bonchev–Trinajstić information content (AvgIpc) is 2.81. The van der Waals surface area contributed by atoms with Crippen LogP contribution in [-0.2, 0) is 24.1 Å². The van der Waals surface area contributed by atoms with Crippen molar-refractivity contribution in [2.75, 3.05) is 18.5 Å². The molecule has 0 aliphatic heterocycles. The van der Waals surface area contributed by atoms with Crippen LogP contribution in [-0.4, -0.2) is 30.7 Å². The predicted molar refractivity (Wildman–Crippen MR) is 132 cm³/mol. The number of hydrogen-bond donors (Lipinski definition) is 2. The fraction of sp³-hybridized carbons (Fsp3) is 0.481. The Morgan fingerprint density at radius 3 is 2.22 bits per heavy atom. The number of urea groups is 1. The first-order valence-electron chi connectivity index (χ1n) is 11.8. The average molecular weight is 439 g/mol. The Labute approximate surface area is 192 Å². The highest BCUT2D eigenvalue weighted by atomic mass is 16.4. The van der Waals surface area contributed by atoms with Crippen molar-refractivity contribution in [1.82, 2.24) is 5.32 Å². The van der Waals surface area contributed by atoms with Crippen molar-refractivity contribution in [2.45, 2.75) is 66.2 Å². The van der Waals surface area contributed by atoms with E-state index >= 15 is 0 Å². The van der Waals surface area contributed by atoms with Crippen LogP contribution in [0.15, 0.2) is 36.4 Å². The summed E-state index contributed by atoms with van der Waals surface area (Å²) in [7, 11) is 1.79. The van der Waals surface area contributed by atoms with E-state index in [0.717, 1.165) is 54.5 Å². The Morgan fingerprint density at radius 2 is 1.66 bits per heavy atom. The molecule has 2 aromatic rings. The summed E-state index contributed by atoms with van der Waals surface area (Å²) in [4.78, 5) is 25.6. The topological polar surface area (TPSA) is 69.6 Å². The standard InChI is InChI=1S/C27H38N2O3/c1-6-9-10-14-28-27(32)29(5)24-13-11-12-22(18-24)23-16-20(7-2)25(21(8-3)17-23)15-19(4)26(30)31/h11-13,16-19H,6-10,14-15H2,1-5H3,(H,28,32)(H,30,31). The number of carboxylic acids is 1. The van der Waals surface area contributed by atoms with Crippen LogP contribution in [0.2, 0.25) is 0 Å². The van der Waals surface area contributed by atoms with Crippen molar-refractivity contribution in [3.8, 4) is 11.1 Å². The first-order valence-corrected chi connectivity index (χ1v) is 11.8. The van der Waals surface area contributed by atoms with Crippen LogP contribution in [0.1, 0.15) is 63.6 Å². The first-order chi connectivity index (χ1) is 15.3. The van der Waals surface area contributed by atoms with Crippen LogP contribution >= 0.6 is 0 Å². The molecule has 32 heavy (non-hydrogen) atoms. The second-order valence-electron chi connectivity index (χ2n) is 8.47. The third kappa shape index (κ3) is 6.59. The number of nitrogens with one attached hydrogen (secondary N) is 1. The lowest BCUT2D eigenvalue weighted by atomic mass is 9.87. The van der Waals surface area contributed by atoms with Crippen LogP contribution in [0.5, 0.6) is 0 Å². The van der Waals surface area contributed by atoms with E-state index in [1.165, 1.54) is 11.1 Å². The zero-order chi connectivity index (χ0) is 23.7. The maximum absolute atomic E-state index is 12.5. The third-order valence-corrected chi connectivity index (χ3v) is 6.06. The molecule has 2 rings (SSSR count). The van der Waals surface area contributed by atoms with Gasteiger partial charge in [0.15, 0.2) is 0 Å². The van der Waals surface area contributed by atoms with Gasteiger partial charge in [-0.2, -0.15) is 0 Å². The summed E-state index contributed by atoms with van der Waals surface area (Å²) in [6.45, 7) is 8.82. The number of anilines is 1. The number of nitrogens with zero attached hydrogens (tertiary/aromatic N) is 1. The van der Waals surface area contributed by atoms with Crippen LogP contribution in [0, 0.1) is 5.92 Å². The van der Waals surface area contributed by atoms with Crippen molar-refractivity contribution in [3.63, 3.8) is 0 Å². The molecule has 174 valence electrons. The van der Waals surface area contributed by atoms with Gasteiger partial charge in [0.2, 0.25) is 0 Å². The van der Waals surface area contributed by atoms with Gasteiger partial charge in [-0.3, -0.25) is 9.69 Å². The van der Waals surface area contributed by atoms with Gasteiger partial charge in [0.25, 0.3) is 0 Å². The molecule has 0 aliphatic carbocycles. The molecule has 0 aliphatic rings. The van der Waals surface area contributed by atoms with Crippen molar-refractivity contribution in [3.05, 3.63) is 53.1 Å². The first kappa shape index (κ1) is 25.4. The maximum atomic E-state index is 12.5. The normalized spacial score (nSPS) is 11.8. The Kier molecular flexibility index (Phi) is 9.76. The molecular weight excluding hydrogens is 400 g/mol. The fourth-order valence-electron chi connectivity index (χ4n) is 3.95. The third-order valence-electron chi connectivity index (χ3n) is 6.06. The van der Waals surface area contributed by atoms with E-state index in [1.807, 2.05) is 18.2 Å². The summed E-state index contributed by atoms with van der Waals surface area (Å²) < 4.78 is 0. The second-order valence-corrected chi connectivity index (χ2v) is 8.47. The Morgan fingerprint density at radius 1 is 1.00 bits per heavy atom. The molecule has 0 bridgehead atoms. The van der Waals surface area contributed by atoms with Crippen LogP contribution < -0.4 is 10.2 Å². The molecule has 0 spiro atoms. The minimum Gasteiger partial charge on any atom is -0.481 e. The molecular formula is C27H38N2O3. The molecule has 0 aromatic heterocycles. The lowest BCUT2D eigenvalue weighted by molar-refractivity contribution is -0.141. The molecule has 2 N–H and O–H groups in total. The Balaban J connectivity index is 2.31. The van der Waals surface area contributed by atoms with Gasteiger partial charge in [0.05, 0.1) is 5.92 Å². The molecule has 1 unspecified atom stereocenters. The molecule has 0 fully saturated rings. The number of hydrogen-bond acceptors (Lipinski definition) is 2. The van der Waals surface area contributed by atoms with E-state index in [9.17, 15) is 14.7 Å². The molecule has 5 heteroatoms. The number of carbonyl (C=O) groups excluding carboxylic acids is 1. The van der Waals surface area contributed by atoms with Crippen molar-refractivity contribution < 1.29 is 14.7 Å². The van der Waals surface area contributed by atoms with Crippen molar-refractivity contribution in [2.24, 2.45) is 5.92 Å². The summed E-state index contributed by atoms with van der Waals surface area (Å²) in [5.74, 6) is -1.17. The number of aryl methyl sites for hydroxylation is 2. The number of carboxylic acid groups (broad SMARTS) is 1. The van der Waals surface area contributed by atoms with E-state index in [-0.39, 0.29) is 6.03 Å². The van der Waals surface area contributed by atoms with Gasteiger partial charge in [-0.05, 0) is 65.6 Å². The quantitative estimate of drug-likeness (QED) is 0.418. The van der Waals surface area contributed by atoms with Crippen molar-refractivity contribution in [1.29, 1.82) is 0 Å². The zero-order valence-corrected chi connectivity index (χ0v) is 20.2. The summed E-state index contributed by atoms with van der Waals surface area (Å²) in [5.41, 5.74) is 6.54. The monoisotopic (exact) mass is 438 g/mol. The van der Waals surface area contributed by atoms with Crippen LogP contribution in [0.3, 0.4) is 0 Å². The minimum absolute atomic E-state index is 0.0975. The molecule has 0 saturated carbocycles. The second kappa shape index (κ2) is 12.3. The van der Waals surface area contributed by atoms with Gasteiger partial charge in [-0.1, -0.05) is 64.8 Å². The molecule has 2 amide bonds. The summed E-state index contributed by atoms with van der Waals surface area (Å²) in [6.07, 6.45) is 5.47. The number of unbranched alkanes of at least 4 members (excludes halogenated alkanes) is 2. The van der Waals surface area contributed by atoms with Crippen LogP contribution in [0.4, 0.5) is 10.5 Å². The molecule has 0 saturated heterocycles. The number of amides is 2. The molecule has 5 nitrogen and oxygen atoms in total. The van der Waals surface area contributed by atoms with Gasteiger partial charge >= 0.3 is 12.0 Å². The highest BCUT2D eigenvalue weighted by Crippen LogP contribution is 2.30. The van der Waals surface area contributed by atoms with Gasteiger partial charge < -0.3 is 10.4 Å².